The molecular formula is C15H16N4. The predicted octanol–water partition coefficient (Wildman–Crippen LogP) is 2.44. The third-order valence-corrected chi connectivity index (χ3v) is 3.37. The van der Waals surface area contributed by atoms with Gasteiger partial charge in [-0.15, -0.1) is 5.10 Å². The molecular weight excluding hydrogens is 236 g/mol. The van der Waals surface area contributed by atoms with Crippen molar-refractivity contribution >= 4 is 10.8 Å². The minimum absolute atomic E-state index is 0.425. The molecule has 4 nitrogen and oxygen atoms in total. The topological polar surface area (TPSA) is 56.7 Å². The lowest BCUT2D eigenvalue weighted by molar-refractivity contribution is 0.771. The van der Waals surface area contributed by atoms with Crippen LogP contribution in [0.3, 0.4) is 0 Å². The number of nitrogens with two attached hydrogens (primary N) is 1. The normalized spacial score (nSPS) is 11.1. The summed E-state index contributed by atoms with van der Waals surface area (Å²) in [5, 5.41) is 10.8. The number of rotatable bonds is 3. The second-order valence-electron chi connectivity index (χ2n) is 4.45. The molecule has 3 rings (SSSR count). The fourth-order valence-electron chi connectivity index (χ4n) is 2.43. The second-order valence-corrected chi connectivity index (χ2v) is 4.45. The second kappa shape index (κ2) is 4.82. The summed E-state index contributed by atoms with van der Waals surface area (Å²) in [4.78, 5) is 0. The monoisotopic (exact) mass is 252 g/mol. The molecule has 2 aromatic carbocycles. The van der Waals surface area contributed by atoms with Crippen LogP contribution in [-0.2, 0) is 13.0 Å². The van der Waals surface area contributed by atoms with Crippen LogP contribution in [0.2, 0.25) is 0 Å². The first kappa shape index (κ1) is 11.9. The third-order valence-electron chi connectivity index (χ3n) is 3.37. The van der Waals surface area contributed by atoms with Gasteiger partial charge >= 0.3 is 0 Å². The molecule has 0 aliphatic carbocycles. The predicted molar refractivity (Wildman–Crippen MR) is 76.1 cm³/mol. The molecule has 3 aromatic rings. The first-order valence-corrected chi connectivity index (χ1v) is 6.46. The molecule has 2 N–H and O–H groups in total. The van der Waals surface area contributed by atoms with Gasteiger partial charge in [0.2, 0.25) is 0 Å². The van der Waals surface area contributed by atoms with Crippen LogP contribution in [0.15, 0.2) is 42.5 Å². The Morgan fingerprint density at radius 2 is 1.89 bits per heavy atom. The highest BCUT2D eigenvalue weighted by Gasteiger charge is 2.12. The Kier molecular flexibility index (Phi) is 3.01. The molecule has 1 aromatic heterocycles. The highest BCUT2D eigenvalue weighted by atomic mass is 15.4. The molecule has 0 bridgehead atoms. The van der Waals surface area contributed by atoms with Gasteiger partial charge in [-0.3, -0.25) is 0 Å². The van der Waals surface area contributed by atoms with Crippen molar-refractivity contribution in [2.24, 2.45) is 5.73 Å². The van der Waals surface area contributed by atoms with Gasteiger partial charge < -0.3 is 5.73 Å². The van der Waals surface area contributed by atoms with E-state index in [2.05, 4.69) is 41.5 Å². The van der Waals surface area contributed by atoms with Crippen molar-refractivity contribution in [2.75, 3.05) is 0 Å². The van der Waals surface area contributed by atoms with Gasteiger partial charge in [0.15, 0.2) is 0 Å². The van der Waals surface area contributed by atoms with Crippen molar-refractivity contribution in [3.63, 3.8) is 0 Å². The van der Waals surface area contributed by atoms with Crippen LogP contribution in [0.4, 0.5) is 0 Å². The number of nitrogens with zero attached hydrogens (tertiary/aromatic N) is 3. The zero-order chi connectivity index (χ0) is 13.2. The van der Waals surface area contributed by atoms with Gasteiger partial charge in [0.05, 0.1) is 17.1 Å². The maximum Gasteiger partial charge on any atom is 0.0999 e. The molecule has 0 aliphatic heterocycles. The first-order valence-electron chi connectivity index (χ1n) is 6.46. The molecule has 0 amide bonds. The van der Waals surface area contributed by atoms with Crippen molar-refractivity contribution in [1.82, 2.24) is 15.0 Å². The van der Waals surface area contributed by atoms with E-state index in [1.807, 2.05) is 22.9 Å². The van der Waals surface area contributed by atoms with Gasteiger partial charge in [-0.2, -0.15) is 0 Å². The van der Waals surface area contributed by atoms with Crippen molar-refractivity contribution in [1.29, 1.82) is 0 Å². The summed E-state index contributed by atoms with van der Waals surface area (Å²) in [5.74, 6) is 0. The van der Waals surface area contributed by atoms with Gasteiger partial charge in [0, 0.05) is 11.9 Å². The summed E-state index contributed by atoms with van der Waals surface area (Å²) in [6, 6.07) is 14.5. The molecule has 0 aliphatic rings. The molecule has 0 fully saturated rings. The van der Waals surface area contributed by atoms with E-state index in [1.54, 1.807) is 0 Å². The Morgan fingerprint density at radius 1 is 1.11 bits per heavy atom. The minimum Gasteiger partial charge on any atom is -0.325 e. The zero-order valence-corrected chi connectivity index (χ0v) is 10.9. The van der Waals surface area contributed by atoms with E-state index in [0.29, 0.717) is 6.54 Å². The molecule has 0 spiro atoms. The van der Waals surface area contributed by atoms with E-state index < -0.39 is 0 Å². The molecule has 1 heterocycles. The quantitative estimate of drug-likeness (QED) is 0.779. The fraction of sp³-hybridized carbons (Fsp3) is 0.200. The van der Waals surface area contributed by atoms with Crippen molar-refractivity contribution in [3.8, 4) is 5.69 Å². The van der Waals surface area contributed by atoms with Gasteiger partial charge in [0.25, 0.3) is 0 Å². The van der Waals surface area contributed by atoms with Crippen molar-refractivity contribution in [3.05, 3.63) is 53.9 Å². The molecule has 0 saturated carbocycles. The Morgan fingerprint density at radius 3 is 2.68 bits per heavy atom. The lowest BCUT2D eigenvalue weighted by atomic mass is 10.1. The molecule has 0 unspecified atom stereocenters. The molecule has 0 atom stereocenters. The zero-order valence-electron chi connectivity index (χ0n) is 10.9. The van der Waals surface area contributed by atoms with Crippen LogP contribution >= 0.6 is 0 Å². The molecule has 4 heteroatoms. The maximum atomic E-state index is 5.71. The largest absolute Gasteiger partial charge is 0.325 e. The minimum atomic E-state index is 0.425. The average molecular weight is 252 g/mol. The average Bonchev–Trinajstić information content (AvgIpc) is 2.89. The van der Waals surface area contributed by atoms with E-state index in [1.165, 1.54) is 10.8 Å². The highest BCUT2D eigenvalue weighted by Crippen LogP contribution is 2.23. The van der Waals surface area contributed by atoms with E-state index in [9.17, 15) is 0 Å². The Labute approximate surface area is 111 Å². The van der Waals surface area contributed by atoms with E-state index >= 15 is 0 Å². The standard InChI is InChI=1S/C15H16N4/c1-2-14-13(10-16)17-18-19(14)15-9-5-7-11-6-3-4-8-12(11)15/h3-9H,2,10,16H2,1H3. The SMILES string of the molecule is CCc1c(CN)nnn1-c1cccc2ccccc12. The first-order chi connectivity index (χ1) is 9.35. The van der Waals surface area contributed by atoms with Crippen LogP contribution in [0.25, 0.3) is 16.5 Å². The van der Waals surface area contributed by atoms with Crippen LogP contribution in [0.1, 0.15) is 18.3 Å². The van der Waals surface area contributed by atoms with Crippen LogP contribution in [0.5, 0.6) is 0 Å². The van der Waals surface area contributed by atoms with Gasteiger partial charge in [-0.05, 0) is 17.9 Å². The number of hydrogen-bond donors (Lipinski definition) is 1. The number of benzene rings is 2. The molecule has 96 valence electrons. The Hall–Kier alpha value is -2.20. The fourth-order valence-corrected chi connectivity index (χ4v) is 2.43. The highest BCUT2D eigenvalue weighted by molar-refractivity contribution is 5.90. The summed E-state index contributed by atoms with van der Waals surface area (Å²) in [7, 11) is 0. The Bertz CT molecular complexity index is 710. The summed E-state index contributed by atoms with van der Waals surface area (Å²) in [5.41, 5.74) is 8.73. The molecule has 0 radical (unpaired) electrons. The number of fused-ring (bicyclic) bond motifs is 1. The van der Waals surface area contributed by atoms with E-state index in [-0.39, 0.29) is 0 Å². The van der Waals surface area contributed by atoms with Gasteiger partial charge in [-0.1, -0.05) is 48.5 Å². The van der Waals surface area contributed by atoms with Crippen LogP contribution in [-0.4, -0.2) is 15.0 Å². The molecule has 19 heavy (non-hydrogen) atoms. The summed E-state index contributed by atoms with van der Waals surface area (Å²) < 4.78 is 1.91. The van der Waals surface area contributed by atoms with Crippen molar-refractivity contribution < 1.29 is 0 Å². The summed E-state index contributed by atoms with van der Waals surface area (Å²) >= 11 is 0. The Balaban J connectivity index is 2.27. The van der Waals surface area contributed by atoms with E-state index in [4.69, 9.17) is 5.73 Å². The maximum absolute atomic E-state index is 5.71. The van der Waals surface area contributed by atoms with E-state index in [0.717, 1.165) is 23.5 Å². The lowest BCUT2D eigenvalue weighted by Crippen LogP contribution is -2.05. The summed E-state index contributed by atoms with van der Waals surface area (Å²) in [6.45, 7) is 2.52. The third kappa shape index (κ3) is 1.90. The van der Waals surface area contributed by atoms with Crippen molar-refractivity contribution in [2.45, 2.75) is 19.9 Å². The lowest BCUT2D eigenvalue weighted by Gasteiger charge is -2.09. The van der Waals surface area contributed by atoms with Gasteiger partial charge in [0.1, 0.15) is 0 Å². The molecule has 0 saturated heterocycles. The van der Waals surface area contributed by atoms with Crippen LogP contribution < -0.4 is 5.73 Å². The smallest absolute Gasteiger partial charge is 0.0999 e. The number of aromatic nitrogens is 3. The van der Waals surface area contributed by atoms with Crippen LogP contribution in [0, 0.1) is 0 Å². The summed E-state index contributed by atoms with van der Waals surface area (Å²) in [6.07, 6.45) is 0.864. The number of hydrogen-bond acceptors (Lipinski definition) is 3. The van der Waals surface area contributed by atoms with Gasteiger partial charge in [-0.25, -0.2) is 4.68 Å².